The summed E-state index contributed by atoms with van der Waals surface area (Å²) in [5.41, 5.74) is 2.11. The molecule has 0 saturated carbocycles. The number of carbonyl (C=O) groups is 2. The first kappa shape index (κ1) is 21.4. The Morgan fingerprint density at radius 3 is 1.47 bits per heavy atom. The summed E-state index contributed by atoms with van der Waals surface area (Å²) < 4.78 is 0. The second-order valence-corrected chi connectivity index (χ2v) is 7.30. The van der Waals surface area contributed by atoms with Crippen molar-refractivity contribution in [2.45, 2.75) is 37.8 Å². The van der Waals surface area contributed by atoms with Gasteiger partial charge in [-0.05, 0) is 36.8 Å². The van der Waals surface area contributed by atoms with Crippen molar-refractivity contribution in [3.63, 3.8) is 0 Å². The number of amides is 2. The molecule has 3 rings (SSSR count). The van der Waals surface area contributed by atoms with Crippen LogP contribution in [0.1, 0.15) is 36.8 Å². The zero-order valence-corrected chi connectivity index (χ0v) is 17.0. The maximum Gasteiger partial charge on any atom is 0.243 e. The number of nitrogens with zero attached hydrogens (tertiary/aromatic N) is 2. The molecule has 30 heavy (non-hydrogen) atoms. The summed E-state index contributed by atoms with van der Waals surface area (Å²) in [5, 5.41) is 5.70. The summed E-state index contributed by atoms with van der Waals surface area (Å²) >= 11 is 0. The van der Waals surface area contributed by atoms with Gasteiger partial charge in [0.2, 0.25) is 11.8 Å². The van der Waals surface area contributed by atoms with E-state index in [2.05, 4.69) is 20.6 Å². The third kappa shape index (κ3) is 6.95. The monoisotopic (exact) mass is 404 g/mol. The predicted octanol–water partition coefficient (Wildman–Crippen LogP) is 2.77. The predicted molar refractivity (Wildman–Crippen MR) is 120 cm³/mol. The molecule has 0 unspecified atom stereocenters. The van der Waals surface area contributed by atoms with E-state index in [1.807, 2.05) is 73.1 Å². The lowest BCUT2D eigenvalue weighted by atomic mass is 10.0. The Balaban J connectivity index is 1.33. The highest BCUT2D eigenvalue weighted by Crippen LogP contribution is 2.08. The second-order valence-electron chi connectivity index (χ2n) is 7.30. The molecular weight excluding hydrogens is 376 g/mol. The van der Waals surface area contributed by atoms with Crippen molar-refractivity contribution >= 4 is 24.2 Å². The fourth-order valence-electron chi connectivity index (χ4n) is 3.27. The molecule has 1 fully saturated rings. The van der Waals surface area contributed by atoms with Gasteiger partial charge in [0.1, 0.15) is 12.1 Å². The van der Waals surface area contributed by atoms with Crippen LogP contribution in [0.5, 0.6) is 0 Å². The van der Waals surface area contributed by atoms with Gasteiger partial charge in [0.25, 0.3) is 0 Å². The first-order chi connectivity index (χ1) is 14.7. The molecule has 0 spiro atoms. The van der Waals surface area contributed by atoms with Gasteiger partial charge in [0.15, 0.2) is 0 Å². The summed E-state index contributed by atoms with van der Waals surface area (Å²) in [6.45, 7) is 1.24. The Bertz CT molecular complexity index is 792. The van der Waals surface area contributed by atoms with Crippen LogP contribution in [0.25, 0.3) is 0 Å². The number of hydrogen-bond donors (Lipinski definition) is 2. The van der Waals surface area contributed by atoms with Crippen LogP contribution in [0.15, 0.2) is 70.6 Å². The van der Waals surface area contributed by atoms with Crippen LogP contribution in [0.3, 0.4) is 0 Å². The lowest BCUT2D eigenvalue weighted by Crippen LogP contribution is -2.61. The van der Waals surface area contributed by atoms with Gasteiger partial charge in [-0.25, -0.2) is 0 Å². The standard InChI is InChI=1S/C24H28N4O2/c29-23-21(13-7-15-25-17-19-9-3-1-4-10-19)27-24(30)22(28-23)14-8-16-26-18-20-11-5-2-6-12-20/h1-6,9-12,17-18,21-22H,7-8,13-16H2,(H,27,30)(H,28,29)/t21-,22-/m0/s1. The minimum atomic E-state index is -0.475. The summed E-state index contributed by atoms with van der Waals surface area (Å²) in [7, 11) is 0. The van der Waals surface area contributed by atoms with Gasteiger partial charge in [-0.15, -0.1) is 0 Å². The van der Waals surface area contributed by atoms with Crippen molar-refractivity contribution in [1.82, 2.24) is 10.6 Å². The Morgan fingerprint density at radius 2 is 1.07 bits per heavy atom. The quantitative estimate of drug-likeness (QED) is 0.471. The SMILES string of the molecule is O=C1N[C@@H](CCCN=Cc2ccccc2)C(=O)N[C@H]1CCCN=Cc1ccccc1. The highest BCUT2D eigenvalue weighted by Gasteiger charge is 2.32. The molecule has 156 valence electrons. The minimum Gasteiger partial charge on any atom is -0.343 e. The summed E-state index contributed by atoms with van der Waals surface area (Å²) in [4.78, 5) is 33.4. The molecule has 0 bridgehead atoms. The van der Waals surface area contributed by atoms with E-state index in [0.717, 1.165) is 24.0 Å². The fourth-order valence-corrected chi connectivity index (χ4v) is 3.27. The highest BCUT2D eigenvalue weighted by molar-refractivity contribution is 5.96. The molecule has 0 aliphatic carbocycles. The average Bonchev–Trinajstić information content (AvgIpc) is 2.77. The molecule has 2 aromatic carbocycles. The van der Waals surface area contributed by atoms with Crippen LogP contribution < -0.4 is 10.6 Å². The van der Waals surface area contributed by atoms with Crippen LogP contribution in [-0.2, 0) is 9.59 Å². The molecule has 6 nitrogen and oxygen atoms in total. The topological polar surface area (TPSA) is 82.9 Å². The zero-order chi connectivity index (χ0) is 21.0. The second kappa shape index (κ2) is 11.7. The smallest absolute Gasteiger partial charge is 0.243 e. The molecule has 0 radical (unpaired) electrons. The van der Waals surface area contributed by atoms with E-state index in [0.29, 0.717) is 25.9 Å². The number of carbonyl (C=O) groups excluding carboxylic acids is 2. The number of hydrogen-bond acceptors (Lipinski definition) is 4. The Morgan fingerprint density at radius 1 is 0.667 bits per heavy atom. The maximum absolute atomic E-state index is 12.3. The van der Waals surface area contributed by atoms with E-state index in [-0.39, 0.29) is 11.8 Å². The van der Waals surface area contributed by atoms with Gasteiger partial charge in [0.05, 0.1) is 0 Å². The third-order valence-electron chi connectivity index (χ3n) is 4.91. The van der Waals surface area contributed by atoms with Crippen molar-refractivity contribution in [3.8, 4) is 0 Å². The molecule has 1 aliphatic rings. The van der Waals surface area contributed by atoms with Crippen LogP contribution in [0.4, 0.5) is 0 Å². The summed E-state index contributed by atoms with van der Waals surface area (Å²) in [5.74, 6) is -0.223. The number of nitrogens with one attached hydrogen (secondary N) is 2. The van der Waals surface area contributed by atoms with E-state index in [9.17, 15) is 9.59 Å². The van der Waals surface area contributed by atoms with E-state index in [1.54, 1.807) is 0 Å². The van der Waals surface area contributed by atoms with Crippen LogP contribution in [0.2, 0.25) is 0 Å². The average molecular weight is 405 g/mol. The van der Waals surface area contributed by atoms with Gasteiger partial charge < -0.3 is 10.6 Å². The van der Waals surface area contributed by atoms with Crippen molar-refractivity contribution in [1.29, 1.82) is 0 Å². The van der Waals surface area contributed by atoms with Gasteiger partial charge in [-0.3, -0.25) is 19.6 Å². The van der Waals surface area contributed by atoms with Crippen LogP contribution in [0, 0.1) is 0 Å². The van der Waals surface area contributed by atoms with Crippen molar-refractivity contribution in [3.05, 3.63) is 71.8 Å². The first-order valence-electron chi connectivity index (χ1n) is 10.4. The largest absolute Gasteiger partial charge is 0.343 e. The number of rotatable bonds is 10. The third-order valence-corrected chi connectivity index (χ3v) is 4.91. The van der Waals surface area contributed by atoms with Gasteiger partial charge in [-0.2, -0.15) is 0 Å². The van der Waals surface area contributed by atoms with E-state index < -0.39 is 12.1 Å². The molecule has 1 aliphatic heterocycles. The summed E-state index contributed by atoms with van der Waals surface area (Å²) in [6, 6.07) is 18.8. The van der Waals surface area contributed by atoms with Crippen molar-refractivity contribution in [2.75, 3.05) is 13.1 Å². The first-order valence-corrected chi connectivity index (χ1v) is 10.4. The van der Waals surface area contributed by atoms with Gasteiger partial charge in [0, 0.05) is 25.5 Å². The molecule has 2 atom stereocenters. The molecular formula is C24H28N4O2. The Labute approximate surface area is 177 Å². The molecule has 0 aromatic heterocycles. The van der Waals surface area contributed by atoms with Crippen LogP contribution in [-0.4, -0.2) is 49.4 Å². The van der Waals surface area contributed by atoms with E-state index in [4.69, 9.17) is 0 Å². The molecule has 1 saturated heterocycles. The maximum atomic E-state index is 12.3. The van der Waals surface area contributed by atoms with Crippen LogP contribution >= 0.6 is 0 Å². The lowest BCUT2D eigenvalue weighted by molar-refractivity contribution is -0.137. The Kier molecular flexibility index (Phi) is 8.33. The number of piperazine rings is 1. The normalized spacial score (nSPS) is 19.2. The molecule has 6 heteroatoms. The minimum absolute atomic E-state index is 0.112. The molecule has 1 heterocycles. The van der Waals surface area contributed by atoms with Gasteiger partial charge >= 0.3 is 0 Å². The van der Waals surface area contributed by atoms with E-state index >= 15 is 0 Å². The molecule has 2 N–H and O–H groups in total. The van der Waals surface area contributed by atoms with Crippen molar-refractivity contribution < 1.29 is 9.59 Å². The highest BCUT2D eigenvalue weighted by atomic mass is 16.2. The number of benzene rings is 2. The van der Waals surface area contributed by atoms with Gasteiger partial charge in [-0.1, -0.05) is 60.7 Å². The Hall–Kier alpha value is -3.28. The summed E-state index contributed by atoms with van der Waals surface area (Å²) in [6.07, 6.45) is 6.29. The molecule has 2 aromatic rings. The fraction of sp³-hybridized carbons (Fsp3) is 0.333. The zero-order valence-electron chi connectivity index (χ0n) is 17.0. The van der Waals surface area contributed by atoms with E-state index in [1.165, 1.54) is 0 Å². The lowest BCUT2D eigenvalue weighted by Gasteiger charge is -2.29. The molecule has 2 amide bonds. The number of aliphatic imine (C=N–C) groups is 2. The van der Waals surface area contributed by atoms with Crippen molar-refractivity contribution in [2.24, 2.45) is 9.98 Å².